The summed E-state index contributed by atoms with van der Waals surface area (Å²) in [7, 11) is 1.31. The minimum absolute atomic E-state index is 0.0233. The van der Waals surface area contributed by atoms with Crippen LogP contribution in [-0.4, -0.2) is 50.5 Å². The normalized spacial score (nSPS) is 28.7. The van der Waals surface area contributed by atoms with Gasteiger partial charge in [0, 0.05) is 5.92 Å². The lowest BCUT2D eigenvalue weighted by molar-refractivity contribution is -0.141. The van der Waals surface area contributed by atoms with E-state index in [-0.39, 0.29) is 29.4 Å². The Labute approximate surface area is 296 Å². The number of halogens is 7. The highest BCUT2D eigenvalue weighted by Crippen LogP contribution is 2.64. The average molecular weight is 748 g/mol. The molecule has 264 valence electrons. The molecule has 51 heavy (non-hydrogen) atoms. The Hall–Kier alpha value is -4.75. The molecular weight excluding hydrogens is 722 g/mol. The molecule has 8 nitrogen and oxygen atoms in total. The summed E-state index contributed by atoms with van der Waals surface area (Å²) in [5.74, 6) is -21.0. The number of rotatable bonds is 6. The first-order valence-corrected chi connectivity index (χ1v) is 16.4. The van der Waals surface area contributed by atoms with E-state index in [1.807, 2.05) is 0 Å². The van der Waals surface area contributed by atoms with Crippen LogP contribution >= 0.6 is 23.2 Å². The Balaban J connectivity index is 1.38. The lowest BCUT2D eigenvalue weighted by Gasteiger charge is -2.49. The van der Waals surface area contributed by atoms with Gasteiger partial charge in [0.05, 0.1) is 25.5 Å². The minimum atomic E-state index is -2.63. The fourth-order valence-corrected chi connectivity index (χ4v) is 8.70. The molecule has 4 amide bonds. The maximum Gasteiger partial charge on any atom is 0.258 e. The quantitative estimate of drug-likeness (QED) is 0.0782. The number of allylic oxidation sites excluding steroid dienone is 3. The fraction of sp³-hybridized carbons (Fsp3) is 0.278. The summed E-state index contributed by atoms with van der Waals surface area (Å²) in [5, 5.41) is 10.1. The van der Waals surface area contributed by atoms with Crippen molar-refractivity contribution >= 4 is 58.6 Å². The van der Waals surface area contributed by atoms with Crippen LogP contribution < -0.4 is 9.64 Å². The second-order valence-corrected chi connectivity index (χ2v) is 14.0. The van der Waals surface area contributed by atoms with E-state index in [4.69, 9.17) is 27.9 Å². The first-order valence-electron chi connectivity index (χ1n) is 15.6. The van der Waals surface area contributed by atoms with Crippen molar-refractivity contribution in [3.63, 3.8) is 0 Å². The van der Waals surface area contributed by atoms with Gasteiger partial charge in [-0.1, -0.05) is 60.2 Å². The fourth-order valence-electron chi connectivity index (χ4n) is 7.81. The lowest BCUT2D eigenvalue weighted by Crippen LogP contribution is -2.60. The van der Waals surface area contributed by atoms with E-state index in [1.165, 1.54) is 37.5 Å². The largest absolute Gasteiger partial charge is 0.504 e. The summed E-state index contributed by atoms with van der Waals surface area (Å²) in [6, 6.07) is 12.9. The Morgan fingerprint density at radius 3 is 2.18 bits per heavy atom. The highest BCUT2D eigenvalue weighted by molar-refractivity contribution is 6.58. The van der Waals surface area contributed by atoms with Gasteiger partial charge < -0.3 is 9.84 Å². The first kappa shape index (κ1) is 34.7. The molecule has 0 spiro atoms. The molecule has 3 aromatic carbocycles. The predicted molar refractivity (Wildman–Crippen MR) is 173 cm³/mol. The highest BCUT2D eigenvalue weighted by Gasteiger charge is 2.76. The Bertz CT molecular complexity index is 2090. The van der Waals surface area contributed by atoms with Gasteiger partial charge in [-0.25, -0.2) is 26.9 Å². The van der Waals surface area contributed by atoms with Gasteiger partial charge in [-0.15, -0.1) is 23.2 Å². The van der Waals surface area contributed by atoms with Gasteiger partial charge in [0.2, 0.25) is 17.6 Å². The van der Waals surface area contributed by atoms with E-state index in [9.17, 15) is 37.5 Å². The van der Waals surface area contributed by atoms with Gasteiger partial charge in [0.1, 0.15) is 5.69 Å². The molecule has 2 heterocycles. The number of ether oxygens (including phenoxy) is 1. The van der Waals surface area contributed by atoms with Crippen molar-refractivity contribution in [2.75, 3.05) is 12.0 Å². The number of benzene rings is 3. The van der Waals surface area contributed by atoms with E-state index in [1.54, 1.807) is 36.4 Å². The van der Waals surface area contributed by atoms with Crippen molar-refractivity contribution in [2.24, 2.45) is 23.7 Å². The Morgan fingerprint density at radius 1 is 0.882 bits per heavy atom. The van der Waals surface area contributed by atoms with Crippen molar-refractivity contribution in [2.45, 2.75) is 29.1 Å². The Morgan fingerprint density at radius 2 is 1.53 bits per heavy atom. The van der Waals surface area contributed by atoms with Crippen LogP contribution in [0.15, 0.2) is 66.3 Å². The third-order valence-corrected chi connectivity index (χ3v) is 11.7. The van der Waals surface area contributed by atoms with Crippen LogP contribution in [-0.2, 0) is 25.7 Å². The molecule has 0 radical (unpaired) electrons. The number of phenols is 1. The molecule has 6 unspecified atom stereocenters. The van der Waals surface area contributed by atoms with E-state index in [0.29, 0.717) is 16.7 Å². The topological polar surface area (TPSA) is 104 Å². The van der Waals surface area contributed by atoms with Gasteiger partial charge >= 0.3 is 0 Å². The Kier molecular flexibility index (Phi) is 8.29. The molecular formula is C36H25Cl2F5N2O6. The van der Waals surface area contributed by atoms with Gasteiger partial charge in [0.15, 0.2) is 44.5 Å². The van der Waals surface area contributed by atoms with Crippen molar-refractivity contribution in [3.05, 3.63) is 106 Å². The zero-order chi connectivity index (χ0) is 36.7. The van der Waals surface area contributed by atoms with Crippen LogP contribution in [0.2, 0.25) is 0 Å². The minimum Gasteiger partial charge on any atom is -0.504 e. The average Bonchev–Trinajstić information content (AvgIpc) is 3.44. The second-order valence-electron chi connectivity index (χ2n) is 12.8. The molecule has 1 saturated carbocycles. The summed E-state index contributed by atoms with van der Waals surface area (Å²) < 4.78 is 78.4. The van der Waals surface area contributed by atoms with Crippen molar-refractivity contribution in [3.8, 4) is 11.5 Å². The van der Waals surface area contributed by atoms with Crippen LogP contribution in [0.25, 0.3) is 6.08 Å². The van der Waals surface area contributed by atoms with Gasteiger partial charge in [-0.3, -0.25) is 24.1 Å². The maximum atomic E-state index is 15.2. The number of nitrogens with zero attached hydrogens (tertiary/aromatic N) is 2. The molecule has 2 saturated heterocycles. The molecule has 2 aliphatic heterocycles. The predicted octanol–water partition coefficient (Wildman–Crippen LogP) is 6.41. The van der Waals surface area contributed by atoms with Gasteiger partial charge in [-0.2, -0.15) is 0 Å². The van der Waals surface area contributed by atoms with E-state index >= 15 is 8.78 Å². The number of methoxy groups -OCH3 is 1. The standard InChI is InChI=1S/C36H25Cl2F5N2O6/c1-51-23-13-16(8-12-22(23)46)7-11-21-18-9-10-19-24(32(48)44(31(19)47)15-17-5-3-2-4-6-17)20(18)14-35(37)33(49)45(34(50)36(21,35)38)30-28(42)26(40)25(39)27(41)29(30)43/h2-9,11-13,19-21,24,46H,10,14-15H2,1H3. The smallest absolute Gasteiger partial charge is 0.258 e. The van der Waals surface area contributed by atoms with E-state index in [0.717, 1.165) is 4.90 Å². The number of hydrogen-bond donors (Lipinski definition) is 1. The third kappa shape index (κ3) is 4.84. The van der Waals surface area contributed by atoms with E-state index < -0.39 is 98.2 Å². The zero-order valence-electron chi connectivity index (χ0n) is 26.3. The number of aromatic hydroxyl groups is 1. The number of carbonyl (C=O) groups excluding carboxylic acids is 4. The summed E-state index contributed by atoms with van der Waals surface area (Å²) in [6.45, 7) is -0.0452. The van der Waals surface area contributed by atoms with E-state index in [2.05, 4.69) is 0 Å². The zero-order valence-corrected chi connectivity index (χ0v) is 27.8. The van der Waals surface area contributed by atoms with Crippen LogP contribution in [0.4, 0.5) is 27.6 Å². The third-order valence-electron chi connectivity index (χ3n) is 10.2. The first-order chi connectivity index (χ1) is 24.2. The molecule has 3 aromatic rings. The molecule has 4 aliphatic rings. The summed E-state index contributed by atoms with van der Waals surface area (Å²) in [6.07, 6.45) is 3.83. The number of alkyl halides is 2. The number of phenolic OH excluding ortho intramolecular Hbond substituents is 1. The molecule has 1 N–H and O–H groups in total. The summed E-state index contributed by atoms with van der Waals surface area (Å²) in [5.41, 5.74) is -0.482. The number of anilines is 1. The second kappa shape index (κ2) is 12.2. The van der Waals surface area contributed by atoms with Gasteiger partial charge in [-0.05, 0) is 42.0 Å². The van der Waals surface area contributed by atoms with Crippen LogP contribution in [0.3, 0.4) is 0 Å². The number of amides is 4. The number of imide groups is 2. The summed E-state index contributed by atoms with van der Waals surface area (Å²) in [4.78, 5) is 51.9. The van der Waals surface area contributed by atoms with Crippen LogP contribution in [0.1, 0.15) is 24.0 Å². The summed E-state index contributed by atoms with van der Waals surface area (Å²) >= 11 is 14.2. The molecule has 2 aliphatic carbocycles. The molecule has 15 heteroatoms. The molecule has 6 atom stereocenters. The monoisotopic (exact) mass is 746 g/mol. The van der Waals surface area contributed by atoms with Crippen molar-refractivity contribution in [1.82, 2.24) is 4.90 Å². The number of carbonyl (C=O) groups is 4. The number of hydrogen-bond acceptors (Lipinski definition) is 6. The number of likely N-dealkylation sites (tertiary alicyclic amines) is 1. The lowest BCUT2D eigenvalue weighted by atomic mass is 9.57. The number of fused-ring (bicyclic) bond motifs is 4. The van der Waals surface area contributed by atoms with Crippen LogP contribution in [0, 0.1) is 52.8 Å². The van der Waals surface area contributed by atoms with Crippen molar-refractivity contribution < 1.29 is 51.0 Å². The molecule has 0 bridgehead atoms. The van der Waals surface area contributed by atoms with Gasteiger partial charge in [0.25, 0.3) is 11.8 Å². The highest BCUT2D eigenvalue weighted by atomic mass is 35.5. The molecule has 0 aromatic heterocycles. The molecule has 3 fully saturated rings. The SMILES string of the molecule is COc1cc(C=CC2C3=CCC4C(=O)N(Cc5ccccc5)C(=O)C4C3CC3(Cl)C(=O)N(c4c(F)c(F)c(F)c(F)c4F)C(=O)C23Cl)ccc1O. The maximum absolute atomic E-state index is 15.2. The van der Waals surface area contributed by atoms with Crippen molar-refractivity contribution in [1.29, 1.82) is 0 Å². The molecule has 7 rings (SSSR count). The van der Waals surface area contributed by atoms with Crippen LogP contribution in [0.5, 0.6) is 11.5 Å².